The lowest BCUT2D eigenvalue weighted by Gasteiger charge is -2.28. The topological polar surface area (TPSA) is 62.5 Å². The molecule has 2 atom stereocenters. The van der Waals surface area contributed by atoms with Gasteiger partial charge in [-0.05, 0) is 81.6 Å². The molecular formula is C29H31Cl2FN4OS. The van der Waals surface area contributed by atoms with Gasteiger partial charge in [-0.1, -0.05) is 35.3 Å². The predicted octanol–water partition coefficient (Wildman–Crippen LogP) is 7.33. The van der Waals surface area contributed by atoms with E-state index in [9.17, 15) is 9.18 Å². The summed E-state index contributed by atoms with van der Waals surface area (Å²) in [7, 11) is 0. The number of benzene rings is 2. The predicted molar refractivity (Wildman–Crippen MR) is 155 cm³/mol. The average molecular weight is 574 g/mol. The van der Waals surface area contributed by atoms with E-state index in [1.165, 1.54) is 36.7 Å². The van der Waals surface area contributed by atoms with Gasteiger partial charge >= 0.3 is 0 Å². The Kier molecular flexibility index (Phi) is 8.48. The first-order valence-electron chi connectivity index (χ1n) is 13.0. The molecule has 5 nitrogen and oxygen atoms in total. The van der Waals surface area contributed by atoms with E-state index in [2.05, 4.69) is 14.8 Å². The fourth-order valence-electron chi connectivity index (χ4n) is 5.40. The minimum atomic E-state index is -0.510. The molecule has 3 aromatic rings. The molecular weight excluding hydrogens is 542 g/mol. The number of pyridine rings is 1. The second-order valence-corrected chi connectivity index (χ2v) is 12.2. The number of nitrogens with two attached hydrogens (primary N) is 1. The summed E-state index contributed by atoms with van der Waals surface area (Å²) in [4.78, 5) is 23.0. The highest BCUT2D eigenvalue weighted by molar-refractivity contribution is 7.99. The Balaban J connectivity index is 1.31. The third kappa shape index (κ3) is 5.81. The van der Waals surface area contributed by atoms with Crippen LogP contribution in [0, 0.1) is 5.82 Å². The maximum Gasteiger partial charge on any atom is 0.254 e. The van der Waals surface area contributed by atoms with E-state index in [1.54, 1.807) is 6.20 Å². The van der Waals surface area contributed by atoms with Gasteiger partial charge in [0.05, 0.1) is 9.92 Å². The molecule has 0 radical (unpaired) electrons. The summed E-state index contributed by atoms with van der Waals surface area (Å²) >= 11 is 14.0. The number of anilines is 1. The lowest BCUT2D eigenvalue weighted by atomic mass is 10.0. The number of nitrogen functional groups attached to an aromatic ring is 1. The van der Waals surface area contributed by atoms with Crippen LogP contribution in [0.3, 0.4) is 0 Å². The Morgan fingerprint density at radius 3 is 2.58 bits per heavy atom. The molecule has 2 fully saturated rings. The van der Waals surface area contributed by atoms with Crippen molar-refractivity contribution in [1.29, 1.82) is 0 Å². The normalized spacial score (nSPS) is 18.7. The first kappa shape index (κ1) is 27.3. The number of hydrogen-bond donors (Lipinski definition) is 1. The molecule has 5 rings (SSSR count). The van der Waals surface area contributed by atoms with Gasteiger partial charge in [0.2, 0.25) is 0 Å². The number of rotatable bonds is 7. The Bertz CT molecular complexity index is 1320. The van der Waals surface area contributed by atoms with Gasteiger partial charge in [-0.25, -0.2) is 9.37 Å². The summed E-state index contributed by atoms with van der Waals surface area (Å²) in [5, 5.41) is 0.167. The molecule has 2 aliphatic rings. The summed E-state index contributed by atoms with van der Waals surface area (Å²) < 4.78 is 14.1. The third-order valence-electron chi connectivity index (χ3n) is 7.44. The second-order valence-electron chi connectivity index (χ2n) is 10.0. The number of aromatic nitrogens is 1. The number of halogens is 3. The van der Waals surface area contributed by atoms with Gasteiger partial charge in [-0.3, -0.25) is 4.79 Å². The van der Waals surface area contributed by atoms with Crippen molar-refractivity contribution in [2.45, 2.75) is 48.8 Å². The molecule has 9 heteroatoms. The fourth-order valence-corrected chi connectivity index (χ4v) is 7.34. The molecule has 2 saturated heterocycles. The van der Waals surface area contributed by atoms with Gasteiger partial charge in [0.1, 0.15) is 11.6 Å². The van der Waals surface area contributed by atoms with E-state index in [-0.39, 0.29) is 16.2 Å². The molecule has 38 heavy (non-hydrogen) atoms. The van der Waals surface area contributed by atoms with Crippen molar-refractivity contribution in [2.24, 2.45) is 0 Å². The molecule has 2 N–H and O–H groups in total. The van der Waals surface area contributed by atoms with Crippen molar-refractivity contribution >= 4 is 46.7 Å². The van der Waals surface area contributed by atoms with Crippen LogP contribution in [0.15, 0.2) is 53.6 Å². The molecule has 0 spiro atoms. The molecule has 2 aromatic carbocycles. The number of hydrogen-bond acceptors (Lipinski definition) is 5. The zero-order chi connectivity index (χ0) is 26.8. The largest absolute Gasteiger partial charge is 0.383 e. The standard InChI is InChI=1S/C29H31Cl2FN4OS/c1-18(26-23(30)10-11-24(32)27(26)31)38-25-15-21(16-34-28(25)33)19-6-8-20(9-7-19)29(37)36-14-4-5-22(36)17-35-12-2-3-13-35/h6-11,15-16,18,22H,2-5,12-14,17H2,1H3,(H2,33,34)/t18?,22-/m0/s1. The van der Waals surface area contributed by atoms with E-state index in [4.69, 9.17) is 28.9 Å². The number of nitrogens with zero attached hydrogens (tertiary/aromatic N) is 3. The van der Waals surface area contributed by atoms with Crippen molar-refractivity contribution < 1.29 is 9.18 Å². The lowest BCUT2D eigenvalue weighted by Crippen LogP contribution is -2.42. The van der Waals surface area contributed by atoms with Gasteiger partial charge in [-0.2, -0.15) is 0 Å². The van der Waals surface area contributed by atoms with E-state index in [0.717, 1.165) is 55.0 Å². The quantitative estimate of drug-likeness (QED) is 0.237. The number of likely N-dealkylation sites (tertiary alicyclic amines) is 2. The minimum absolute atomic E-state index is 0.0149. The smallest absolute Gasteiger partial charge is 0.254 e. The van der Waals surface area contributed by atoms with Crippen LogP contribution in [0.2, 0.25) is 10.0 Å². The van der Waals surface area contributed by atoms with Crippen LogP contribution in [-0.2, 0) is 0 Å². The monoisotopic (exact) mass is 572 g/mol. The van der Waals surface area contributed by atoms with Gasteiger partial charge in [0, 0.05) is 52.3 Å². The minimum Gasteiger partial charge on any atom is -0.383 e. The van der Waals surface area contributed by atoms with E-state index >= 15 is 0 Å². The molecule has 200 valence electrons. The number of carbonyl (C=O) groups is 1. The maximum atomic E-state index is 14.1. The van der Waals surface area contributed by atoms with Gasteiger partial charge in [0.15, 0.2) is 0 Å². The SMILES string of the molecule is CC(Sc1cc(-c2ccc(C(=O)N3CCC[C@H]3CN3CCCC3)cc2)cnc1N)c1c(Cl)ccc(F)c1Cl. The average Bonchev–Trinajstić information content (AvgIpc) is 3.60. The second kappa shape index (κ2) is 11.8. The van der Waals surface area contributed by atoms with Crippen LogP contribution in [0.25, 0.3) is 11.1 Å². The molecule has 2 aliphatic heterocycles. The molecule has 0 bridgehead atoms. The highest BCUT2D eigenvalue weighted by Crippen LogP contribution is 2.44. The number of thioether (sulfide) groups is 1. The molecule has 1 unspecified atom stereocenters. The molecule has 0 saturated carbocycles. The number of carbonyl (C=O) groups excluding carboxylic acids is 1. The summed E-state index contributed by atoms with van der Waals surface area (Å²) in [5.74, 6) is -0.0361. The summed E-state index contributed by atoms with van der Waals surface area (Å²) in [6.45, 7) is 5.98. The van der Waals surface area contributed by atoms with Crippen LogP contribution in [-0.4, -0.2) is 52.9 Å². The van der Waals surface area contributed by atoms with Crippen LogP contribution in [0.5, 0.6) is 0 Å². The Morgan fingerprint density at radius 2 is 1.84 bits per heavy atom. The van der Waals surface area contributed by atoms with Crippen molar-refractivity contribution in [1.82, 2.24) is 14.8 Å². The van der Waals surface area contributed by atoms with E-state index < -0.39 is 5.82 Å². The third-order valence-corrected chi connectivity index (χ3v) is 9.33. The van der Waals surface area contributed by atoms with Crippen LogP contribution in [0.4, 0.5) is 10.2 Å². The first-order valence-corrected chi connectivity index (χ1v) is 14.6. The van der Waals surface area contributed by atoms with Crippen LogP contribution >= 0.6 is 35.0 Å². The Hall–Kier alpha value is -2.32. The summed E-state index contributed by atoms with van der Waals surface area (Å²) in [5.41, 5.74) is 9.21. The highest BCUT2D eigenvalue weighted by atomic mass is 35.5. The summed E-state index contributed by atoms with van der Waals surface area (Å²) in [6.07, 6.45) is 6.36. The van der Waals surface area contributed by atoms with Crippen LogP contribution in [0.1, 0.15) is 53.8 Å². The Labute approximate surface area is 237 Å². The van der Waals surface area contributed by atoms with Crippen molar-refractivity contribution in [3.8, 4) is 11.1 Å². The van der Waals surface area contributed by atoms with E-state index in [0.29, 0.717) is 28.0 Å². The number of amides is 1. The summed E-state index contributed by atoms with van der Waals surface area (Å²) in [6, 6.07) is 12.7. The lowest BCUT2D eigenvalue weighted by molar-refractivity contribution is 0.0709. The zero-order valence-corrected chi connectivity index (χ0v) is 23.6. The highest BCUT2D eigenvalue weighted by Gasteiger charge is 2.31. The molecule has 1 aromatic heterocycles. The molecule has 1 amide bonds. The molecule has 3 heterocycles. The zero-order valence-electron chi connectivity index (χ0n) is 21.3. The maximum absolute atomic E-state index is 14.1. The van der Waals surface area contributed by atoms with E-state index in [1.807, 2.05) is 37.3 Å². The Morgan fingerprint density at radius 1 is 1.11 bits per heavy atom. The van der Waals surface area contributed by atoms with Gasteiger partial charge < -0.3 is 15.5 Å². The van der Waals surface area contributed by atoms with Gasteiger partial charge in [-0.15, -0.1) is 11.8 Å². The van der Waals surface area contributed by atoms with Crippen molar-refractivity contribution in [3.63, 3.8) is 0 Å². The van der Waals surface area contributed by atoms with Gasteiger partial charge in [0.25, 0.3) is 5.91 Å². The van der Waals surface area contributed by atoms with Crippen molar-refractivity contribution in [2.75, 3.05) is 31.9 Å². The molecule has 0 aliphatic carbocycles. The fraction of sp³-hybridized carbons (Fsp3) is 0.379. The van der Waals surface area contributed by atoms with Crippen LogP contribution < -0.4 is 5.73 Å². The first-order chi connectivity index (χ1) is 18.3. The van der Waals surface area contributed by atoms with Crippen molar-refractivity contribution in [3.05, 3.63) is 75.7 Å².